The van der Waals surface area contributed by atoms with Crippen molar-refractivity contribution in [3.63, 3.8) is 0 Å². The third-order valence-electron chi connectivity index (χ3n) is 3.75. The standard InChI is InChI=1S/C16H25N3O2/c1-4-21-16(20)19-9-7-18(8-10-19)15-6-5-13(2)11-14(15)12-17-3/h5-6,11,17H,4,7-10,12H2,1-3H3. The first-order valence-corrected chi connectivity index (χ1v) is 7.56. The van der Waals surface area contributed by atoms with Gasteiger partial charge in [-0.3, -0.25) is 0 Å². The highest BCUT2D eigenvalue weighted by atomic mass is 16.6. The maximum atomic E-state index is 11.7. The fraction of sp³-hybridized carbons (Fsp3) is 0.562. The average molecular weight is 291 g/mol. The second-order valence-electron chi connectivity index (χ2n) is 5.34. The molecule has 0 atom stereocenters. The van der Waals surface area contributed by atoms with Crippen LogP contribution in [0.25, 0.3) is 0 Å². The van der Waals surface area contributed by atoms with E-state index in [2.05, 4.69) is 35.3 Å². The molecule has 0 aromatic heterocycles. The Balaban J connectivity index is 2.03. The molecule has 116 valence electrons. The number of piperazine rings is 1. The van der Waals surface area contributed by atoms with Gasteiger partial charge in [0.15, 0.2) is 0 Å². The minimum Gasteiger partial charge on any atom is -0.450 e. The van der Waals surface area contributed by atoms with Gasteiger partial charge >= 0.3 is 6.09 Å². The lowest BCUT2D eigenvalue weighted by molar-refractivity contribution is 0.105. The van der Waals surface area contributed by atoms with Crippen LogP contribution in [-0.4, -0.2) is 50.8 Å². The first-order valence-electron chi connectivity index (χ1n) is 7.56. The third-order valence-corrected chi connectivity index (χ3v) is 3.75. The van der Waals surface area contributed by atoms with Crippen LogP contribution in [0.1, 0.15) is 18.1 Å². The highest BCUT2D eigenvalue weighted by molar-refractivity contribution is 5.68. The molecule has 5 heteroatoms. The summed E-state index contributed by atoms with van der Waals surface area (Å²) in [7, 11) is 1.96. The van der Waals surface area contributed by atoms with Gasteiger partial charge in [-0.1, -0.05) is 17.7 Å². The van der Waals surface area contributed by atoms with Crippen molar-refractivity contribution in [2.75, 3.05) is 44.7 Å². The Hall–Kier alpha value is -1.75. The zero-order valence-corrected chi connectivity index (χ0v) is 13.2. The number of nitrogens with zero attached hydrogens (tertiary/aromatic N) is 2. The summed E-state index contributed by atoms with van der Waals surface area (Å²) in [6.45, 7) is 8.36. The van der Waals surface area contributed by atoms with Gasteiger partial charge in [0.25, 0.3) is 0 Å². The van der Waals surface area contributed by atoms with Gasteiger partial charge < -0.3 is 19.9 Å². The van der Waals surface area contributed by atoms with Crippen LogP contribution in [-0.2, 0) is 11.3 Å². The van der Waals surface area contributed by atoms with Crippen molar-refractivity contribution < 1.29 is 9.53 Å². The van der Waals surface area contributed by atoms with Gasteiger partial charge in [0, 0.05) is 38.4 Å². The van der Waals surface area contributed by atoms with Crippen molar-refractivity contribution in [3.05, 3.63) is 29.3 Å². The zero-order chi connectivity index (χ0) is 15.2. The molecule has 0 aliphatic carbocycles. The lowest BCUT2D eigenvalue weighted by atomic mass is 10.1. The summed E-state index contributed by atoms with van der Waals surface area (Å²) < 4.78 is 5.06. The minimum atomic E-state index is -0.198. The summed E-state index contributed by atoms with van der Waals surface area (Å²) in [4.78, 5) is 15.9. The smallest absolute Gasteiger partial charge is 0.409 e. The summed E-state index contributed by atoms with van der Waals surface area (Å²) in [5.74, 6) is 0. The molecular formula is C16H25N3O2. The van der Waals surface area contributed by atoms with Crippen molar-refractivity contribution in [2.45, 2.75) is 20.4 Å². The fourth-order valence-electron chi connectivity index (χ4n) is 2.70. The number of carbonyl (C=O) groups excluding carboxylic acids is 1. The summed E-state index contributed by atoms with van der Waals surface area (Å²) in [5, 5.41) is 3.22. The zero-order valence-electron chi connectivity index (χ0n) is 13.2. The van der Waals surface area contributed by atoms with E-state index in [9.17, 15) is 4.79 Å². The van der Waals surface area contributed by atoms with E-state index < -0.39 is 0 Å². The number of anilines is 1. The molecule has 21 heavy (non-hydrogen) atoms. The number of hydrogen-bond acceptors (Lipinski definition) is 4. The maximum absolute atomic E-state index is 11.7. The number of nitrogens with one attached hydrogen (secondary N) is 1. The summed E-state index contributed by atoms with van der Waals surface area (Å²) in [6.07, 6.45) is -0.198. The monoisotopic (exact) mass is 291 g/mol. The summed E-state index contributed by atoms with van der Waals surface area (Å²) in [5.41, 5.74) is 3.84. The Labute approximate surface area is 126 Å². The Kier molecular flexibility index (Phi) is 5.44. The second-order valence-corrected chi connectivity index (χ2v) is 5.34. The topological polar surface area (TPSA) is 44.8 Å². The van der Waals surface area contributed by atoms with Crippen LogP contribution in [0.5, 0.6) is 0 Å². The quantitative estimate of drug-likeness (QED) is 0.921. The number of rotatable bonds is 4. The van der Waals surface area contributed by atoms with E-state index in [-0.39, 0.29) is 6.09 Å². The predicted octanol–water partition coefficient (Wildman–Crippen LogP) is 1.99. The molecule has 1 amide bonds. The van der Waals surface area contributed by atoms with Gasteiger partial charge in [-0.15, -0.1) is 0 Å². The number of benzene rings is 1. The van der Waals surface area contributed by atoms with Crippen LogP contribution in [0.2, 0.25) is 0 Å². The number of ether oxygens (including phenoxy) is 1. The molecule has 5 nitrogen and oxygen atoms in total. The molecule has 1 aliphatic heterocycles. The number of hydrogen-bond donors (Lipinski definition) is 1. The van der Waals surface area contributed by atoms with E-state index in [0.717, 1.165) is 19.6 Å². The van der Waals surface area contributed by atoms with Crippen molar-refractivity contribution in [1.29, 1.82) is 0 Å². The number of carbonyl (C=O) groups is 1. The molecule has 1 saturated heterocycles. The largest absolute Gasteiger partial charge is 0.450 e. The normalized spacial score (nSPS) is 15.2. The third kappa shape index (κ3) is 3.88. The molecule has 0 bridgehead atoms. The van der Waals surface area contributed by atoms with Crippen molar-refractivity contribution in [1.82, 2.24) is 10.2 Å². The van der Waals surface area contributed by atoms with E-state index >= 15 is 0 Å². The van der Waals surface area contributed by atoms with Crippen LogP contribution in [0, 0.1) is 6.92 Å². The Morgan fingerprint density at radius 1 is 1.29 bits per heavy atom. The van der Waals surface area contributed by atoms with Crippen molar-refractivity contribution in [2.24, 2.45) is 0 Å². The Morgan fingerprint density at radius 3 is 2.62 bits per heavy atom. The average Bonchev–Trinajstić information content (AvgIpc) is 2.48. The lowest BCUT2D eigenvalue weighted by Crippen LogP contribution is -2.49. The molecule has 1 aromatic carbocycles. The van der Waals surface area contributed by atoms with Crippen molar-refractivity contribution >= 4 is 11.8 Å². The summed E-state index contributed by atoms with van der Waals surface area (Å²) in [6, 6.07) is 6.55. The van der Waals surface area contributed by atoms with E-state index in [1.807, 2.05) is 14.0 Å². The number of aryl methyl sites for hydroxylation is 1. The molecule has 1 heterocycles. The molecule has 0 saturated carbocycles. The first-order chi connectivity index (χ1) is 10.2. The SMILES string of the molecule is CCOC(=O)N1CCN(c2ccc(C)cc2CNC)CC1. The minimum absolute atomic E-state index is 0.198. The molecule has 1 N–H and O–H groups in total. The number of amides is 1. The lowest BCUT2D eigenvalue weighted by Gasteiger charge is -2.36. The molecule has 1 fully saturated rings. The van der Waals surface area contributed by atoms with E-state index in [1.54, 1.807) is 4.90 Å². The predicted molar refractivity (Wildman–Crippen MR) is 84.8 cm³/mol. The molecule has 0 spiro atoms. The van der Waals surface area contributed by atoms with Gasteiger partial charge in [0.1, 0.15) is 0 Å². The first kappa shape index (κ1) is 15.6. The molecule has 0 unspecified atom stereocenters. The maximum Gasteiger partial charge on any atom is 0.409 e. The van der Waals surface area contributed by atoms with Crippen LogP contribution in [0.3, 0.4) is 0 Å². The molecule has 1 aliphatic rings. The van der Waals surface area contributed by atoms with Crippen LogP contribution in [0.4, 0.5) is 10.5 Å². The van der Waals surface area contributed by atoms with E-state index in [4.69, 9.17) is 4.74 Å². The van der Waals surface area contributed by atoms with Crippen LogP contribution >= 0.6 is 0 Å². The van der Waals surface area contributed by atoms with Crippen LogP contribution < -0.4 is 10.2 Å². The molecule has 2 rings (SSSR count). The van der Waals surface area contributed by atoms with Crippen molar-refractivity contribution in [3.8, 4) is 0 Å². The van der Waals surface area contributed by atoms with Gasteiger partial charge in [-0.2, -0.15) is 0 Å². The van der Waals surface area contributed by atoms with E-state index in [0.29, 0.717) is 19.7 Å². The molecular weight excluding hydrogens is 266 g/mol. The highest BCUT2D eigenvalue weighted by Crippen LogP contribution is 2.23. The fourth-order valence-corrected chi connectivity index (χ4v) is 2.70. The van der Waals surface area contributed by atoms with Crippen LogP contribution in [0.15, 0.2) is 18.2 Å². The molecule has 0 radical (unpaired) electrons. The van der Waals surface area contributed by atoms with Gasteiger partial charge in [-0.25, -0.2) is 4.79 Å². The summed E-state index contributed by atoms with van der Waals surface area (Å²) >= 11 is 0. The van der Waals surface area contributed by atoms with Gasteiger partial charge in [-0.05, 0) is 32.5 Å². The highest BCUT2D eigenvalue weighted by Gasteiger charge is 2.23. The Bertz CT molecular complexity index is 482. The molecule has 1 aromatic rings. The van der Waals surface area contributed by atoms with E-state index in [1.165, 1.54) is 16.8 Å². The second kappa shape index (κ2) is 7.31. The Morgan fingerprint density at radius 2 is 2.00 bits per heavy atom. The van der Waals surface area contributed by atoms with Gasteiger partial charge in [0.2, 0.25) is 0 Å². The van der Waals surface area contributed by atoms with Gasteiger partial charge in [0.05, 0.1) is 6.61 Å².